The van der Waals surface area contributed by atoms with Crippen molar-refractivity contribution in [3.05, 3.63) is 118 Å². The smallest absolute Gasteiger partial charge is 0.378 e. The molecule has 3 atom stereocenters. The van der Waals surface area contributed by atoms with E-state index in [4.69, 9.17) is 43.3 Å². The quantitative estimate of drug-likeness (QED) is 0.0559. The van der Waals surface area contributed by atoms with Crippen molar-refractivity contribution in [1.29, 1.82) is 0 Å². The van der Waals surface area contributed by atoms with Gasteiger partial charge in [-0.15, -0.1) is 23.5 Å². The number of amides is 2. The van der Waals surface area contributed by atoms with Crippen LogP contribution >= 0.6 is 35.1 Å². The number of hydrogen-bond donors (Lipinski definition) is 0. The summed E-state index contributed by atoms with van der Waals surface area (Å²) >= 11 is 9.32. The fourth-order valence-corrected chi connectivity index (χ4v) is 11.0. The standard InChI is InChI=1S/C42H38BClN2O10S2/c1-52-29-12-8-26(9-13-29)22-54-34-17-16-32(35(44)37(34)55-23-27-10-14-30(53-2)15-11-27)36(48)39(50)45-20-31(21-45)57-42(41(51)56-43)24-46-38(49)33(40(46)58-42)19-28(47)18-25-6-4-3-5-7-25/h3-17,31,33,40H,18-24H2,1-2H3/t33?,40-,42-/m1/s1. The first-order valence-electron chi connectivity index (χ1n) is 18.3. The van der Waals surface area contributed by atoms with Gasteiger partial charge in [0.1, 0.15) is 30.5 Å². The van der Waals surface area contributed by atoms with Gasteiger partial charge in [-0.05, 0) is 53.1 Å². The Bertz CT molecular complexity index is 2190. The van der Waals surface area contributed by atoms with Crippen LogP contribution in [0.25, 0.3) is 0 Å². The summed E-state index contributed by atoms with van der Waals surface area (Å²) in [6.07, 6.45) is 0.268. The lowest BCUT2D eigenvalue weighted by molar-refractivity contribution is -0.152. The van der Waals surface area contributed by atoms with Gasteiger partial charge >= 0.3 is 14.0 Å². The minimum Gasteiger partial charge on any atom is -0.542 e. The van der Waals surface area contributed by atoms with E-state index in [1.807, 2.05) is 66.7 Å². The maximum atomic E-state index is 13.7. The number of benzene rings is 4. The van der Waals surface area contributed by atoms with Crippen LogP contribution in [-0.2, 0) is 43.5 Å². The molecule has 0 N–H and O–H groups in total. The average Bonchev–Trinajstić information content (AvgIpc) is 3.59. The molecular weight excluding hydrogens is 803 g/mol. The van der Waals surface area contributed by atoms with Crippen LogP contribution in [0.4, 0.5) is 0 Å². The molecule has 58 heavy (non-hydrogen) atoms. The zero-order valence-corrected chi connectivity index (χ0v) is 34.0. The second kappa shape index (κ2) is 17.8. The highest BCUT2D eigenvalue weighted by atomic mass is 35.5. The van der Waals surface area contributed by atoms with Gasteiger partial charge < -0.3 is 33.4 Å². The number of likely N-dealkylation sites (tertiary alicyclic amines) is 1. The Labute approximate surface area is 350 Å². The van der Waals surface area contributed by atoms with Crippen molar-refractivity contribution in [2.24, 2.45) is 5.92 Å². The van der Waals surface area contributed by atoms with Gasteiger partial charge in [0.2, 0.25) is 5.91 Å². The highest BCUT2D eigenvalue weighted by molar-refractivity contribution is 8.20. The van der Waals surface area contributed by atoms with Gasteiger partial charge in [-0.1, -0.05) is 66.2 Å². The number of hydrogen-bond acceptors (Lipinski definition) is 12. The number of Topliss-reactive ketones (excluding diaryl/α,β-unsaturated/α-hetero) is 2. The summed E-state index contributed by atoms with van der Waals surface area (Å²) in [4.78, 5) is 69.4. The molecule has 1 unspecified atom stereocenters. The normalized spacial score (nSPS) is 19.7. The lowest BCUT2D eigenvalue weighted by Gasteiger charge is -2.41. The minimum atomic E-state index is -1.27. The summed E-state index contributed by atoms with van der Waals surface area (Å²) in [5.74, 6) is -1.43. The molecule has 0 spiro atoms. The molecule has 3 heterocycles. The van der Waals surface area contributed by atoms with Crippen molar-refractivity contribution < 1.29 is 47.6 Å². The van der Waals surface area contributed by atoms with Crippen molar-refractivity contribution in [2.75, 3.05) is 33.9 Å². The maximum Gasteiger partial charge on any atom is 0.378 e. The number of nitrogens with zero attached hydrogens (tertiary/aromatic N) is 2. The number of carbonyl (C=O) groups is 5. The van der Waals surface area contributed by atoms with Gasteiger partial charge in [-0.3, -0.25) is 24.0 Å². The van der Waals surface area contributed by atoms with E-state index in [0.717, 1.165) is 16.7 Å². The van der Waals surface area contributed by atoms with Crippen molar-refractivity contribution >= 4 is 72.5 Å². The second-order valence-corrected chi connectivity index (χ2v) is 17.6. The van der Waals surface area contributed by atoms with Gasteiger partial charge in [0.15, 0.2) is 15.6 Å². The molecule has 3 fully saturated rings. The summed E-state index contributed by atoms with van der Waals surface area (Å²) in [5, 5.41) is -0.754. The number of carbonyl (C=O) groups excluding carboxylic acids is 5. The van der Waals surface area contributed by atoms with E-state index in [2.05, 4.69) is 0 Å². The Kier molecular flexibility index (Phi) is 12.6. The molecule has 2 amide bonds. The maximum absolute atomic E-state index is 13.7. The number of methoxy groups -OCH3 is 2. The van der Waals surface area contributed by atoms with Crippen LogP contribution < -0.4 is 18.9 Å². The first-order chi connectivity index (χ1) is 28.0. The van der Waals surface area contributed by atoms with Gasteiger partial charge in [0, 0.05) is 31.2 Å². The molecule has 4 aromatic carbocycles. The van der Waals surface area contributed by atoms with Crippen LogP contribution in [0.1, 0.15) is 33.5 Å². The van der Waals surface area contributed by atoms with E-state index in [0.29, 0.717) is 11.5 Å². The summed E-state index contributed by atoms with van der Waals surface area (Å²) in [5.41, 5.74) is 2.45. The number of thioether (sulfide) groups is 2. The largest absolute Gasteiger partial charge is 0.542 e. The SMILES string of the molecule is [B]OC(=O)[C@@]1(SC2CN(C(=O)C(=O)c3ccc(OCc4ccc(OC)cc4)c(OCc4ccc(OC)cc4)c3Cl)C2)CN2C(=O)C(CC(=O)Cc3ccccc3)[C@H]2S1. The number of ether oxygens (including phenoxy) is 4. The molecule has 0 aliphatic carbocycles. The number of β-lactam (4-membered cyclic amide) rings is 1. The number of ketones is 2. The monoisotopic (exact) mass is 840 g/mol. The lowest BCUT2D eigenvalue weighted by Crippen LogP contribution is -2.58. The van der Waals surface area contributed by atoms with Crippen molar-refractivity contribution in [3.63, 3.8) is 0 Å². The lowest BCUT2D eigenvalue weighted by atomic mass is 9.90. The summed E-state index contributed by atoms with van der Waals surface area (Å²) < 4.78 is 26.2. The molecule has 0 aromatic heterocycles. The number of halogens is 1. The van der Waals surface area contributed by atoms with Gasteiger partial charge in [0.05, 0.1) is 42.6 Å². The predicted molar refractivity (Wildman–Crippen MR) is 219 cm³/mol. The predicted octanol–water partition coefficient (Wildman–Crippen LogP) is 5.70. The summed E-state index contributed by atoms with van der Waals surface area (Å²) in [6.45, 7) is 0.577. The first-order valence-corrected chi connectivity index (χ1v) is 20.5. The van der Waals surface area contributed by atoms with E-state index in [9.17, 15) is 24.0 Å². The van der Waals surface area contributed by atoms with Crippen LogP contribution in [0.3, 0.4) is 0 Å². The van der Waals surface area contributed by atoms with Crippen molar-refractivity contribution in [2.45, 2.75) is 40.8 Å². The third-order valence-corrected chi connectivity index (χ3v) is 13.9. The molecular formula is C42H38BClN2O10S2. The Balaban J connectivity index is 1.00. The zero-order chi connectivity index (χ0) is 41.0. The van der Waals surface area contributed by atoms with Crippen LogP contribution in [0.15, 0.2) is 91.0 Å². The minimum absolute atomic E-state index is 0.0381. The topological polar surface area (TPSA) is 138 Å². The molecule has 7 rings (SSSR count). The van der Waals surface area contributed by atoms with E-state index in [1.54, 1.807) is 37.3 Å². The molecule has 12 nitrogen and oxygen atoms in total. The van der Waals surface area contributed by atoms with Crippen LogP contribution in [-0.4, -0.2) is 95.8 Å². The molecule has 0 saturated carbocycles. The molecule has 3 aliphatic heterocycles. The van der Waals surface area contributed by atoms with Gasteiger partial charge in [0.25, 0.3) is 11.7 Å². The van der Waals surface area contributed by atoms with Crippen molar-refractivity contribution in [3.8, 4) is 23.0 Å². The van der Waals surface area contributed by atoms with Crippen molar-refractivity contribution in [1.82, 2.24) is 9.80 Å². The Morgan fingerprint density at radius 2 is 1.47 bits per heavy atom. The van der Waals surface area contributed by atoms with E-state index < -0.39 is 33.0 Å². The third-order valence-electron chi connectivity index (χ3n) is 10.1. The Hall–Kier alpha value is -5.12. The summed E-state index contributed by atoms with van der Waals surface area (Å²) in [7, 11) is 8.53. The fraction of sp³-hybridized carbons (Fsp3) is 0.310. The second-order valence-electron chi connectivity index (χ2n) is 14.0. The average molecular weight is 841 g/mol. The zero-order valence-electron chi connectivity index (χ0n) is 31.6. The Morgan fingerprint density at radius 1 is 0.845 bits per heavy atom. The van der Waals surface area contributed by atoms with Crippen LogP contribution in [0.5, 0.6) is 23.0 Å². The molecule has 16 heteroatoms. The molecule has 0 bridgehead atoms. The number of rotatable bonds is 17. The van der Waals surface area contributed by atoms with E-state index in [-0.39, 0.29) is 84.7 Å². The first kappa shape index (κ1) is 41.1. The van der Waals surface area contributed by atoms with E-state index in [1.165, 1.54) is 34.5 Å². The van der Waals surface area contributed by atoms with Crippen LogP contribution in [0.2, 0.25) is 5.02 Å². The van der Waals surface area contributed by atoms with Crippen LogP contribution in [0, 0.1) is 5.92 Å². The number of fused-ring (bicyclic) bond motifs is 1. The molecule has 3 aliphatic rings. The Morgan fingerprint density at radius 3 is 2.07 bits per heavy atom. The van der Waals surface area contributed by atoms with E-state index >= 15 is 0 Å². The molecule has 2 radical (unpaired) electrons. The molecule has 4 aromatic rings. The fourth-order valence-electron chi connectivity index (χ4n) is 6.94. The highest BCUT2D eigenvalue weighted by Gasteiger charge is 2.63. The summed E-state index contributed by atoms with van der Waals surface area (Å²) in [6, 6.07) is 26.8. The third kappa shape index (κ3) is 8.67. The van der Waals surface area contributed by atoms with Gasteiger partial charge in [-0.2, -0.15) is 0 Å². The van der Waals surface area contributed by atoms with Gasteiger partial charge in [-0.25, -0.2) is 0 Å². The molecule has 3 saturated heterocycles. The highest BCUT2D eigenvalue weighted by Crippen LogP contribution is 2.57. The molecule has 298 valence electrons.